The summed E-state index contributed by atoms with van der Waals surface area (Å²) in [4.78, 5) is 0. The monoisotopic (exact) mass is 139 g/mol. The van der Waals surface area contributed by atoms with Gasteiger partial charge in [-0.2, -0.15) is 0 Å². The summed E-state index contributed by atoms with van der Waals surface area (Å²) in [5, 5.41) is 20.5. The molecule has 0 aromatic rings. The third-order valence-electron chi connectivity index (χ3n) is 1.58. The second-order valence-corrected chi connectivity index (χ2v) is 2.52. The zero-order valence-corrected chi connectivity index (χ0v) is 5.78. The van der Waals surface area contributed by atoms with Gasteiger partial charge in [0.2, 0.25) is 0 Å². The molecule has 0 aromatic heterocycles. The Kier molecular flexibility index (Phi) is 1.83. The predicted octanol–water partition coefficient (Wildman–Crippen LogP) is -0.570. The Morgan fingerprint density at radius 1 is 1.40 bits per heavy atom. The summed E-state index contributed by atoms with van der Waals surface area (Å²) in [6.45, 7) is 1.71. The smallest absolute Gasteiger partial charge is 0.425 e. The van der Waals surface area contributed by atoms with E-state index in [0.717, 1.165) is 0 Å². The van der Waals surface area contributed by atoms with Gasteiger partial charge in [0.1, 0.15) is 0 Å². The molecule has 0 spiro atoms. The minimum atomic E-state index is -1.37. The first-order chi connectivity index (χ1) is 4.65. The van der Waals surface area contributed by atoms with Crippen LogP contribution in [0.5, 0.6) is 0 Å². The van der Waals surface area contributed by atoms with Crippen LogP contribution in [-0.2, 0) is 0 Å². The van der Waals surface area contributed by atoms with Crippen LogP contribution in [0.15, 0.2) is 24.4 Å². The van der Waals surface area contributed by atoms with E-state index < -0.39 is 12.6 Å². The molecule has 0 saturated carbocycles. The fourth-order valence-electron chi connectivity index (χ4n) is 0.747. The Balaban J connectivity index is 2.70. The first kappa shape index (κ1) is 7.37. The quantitative estimate of drug-likeness (QED) is 0.426. The molecule has 3 nitrogen and oxygen atoms in total. The molecule has 1 rings (SSSR count). The van der Waals surface area contributed by atoms with E-state index >= 15 is 0 Å². The summed E-state index contributed by atoms with van der Waals surface area (Å²) in [5.74, 6) is 0. The molecule has 0 radical (unpaired) electrons. The summed E-state index contributed by atoms with van der Waals surface area (Å²) in [6.07, 6.45) is 6.96. The van der Waals surface area contributed by atoms with Crippen molar-refractivity contribution in [1.29, 1.82) is 0 Å². The second kappa shape index (κ2) is 2.48. The van der Waals surface area contributed by atoms with Crippen molar-refractivity contribution < 1.29 is 10.0 Å². The van der Waals surface area contributed by atoms with Crippen molar-refractivity contribution in [2.45, 2.75) is 12.4 Å². The molecule has 0 bridgehead atoms. The molecule has 1 aliphatic rings. The Morgan fingerprint density at radius 3 is 2.40 bits per heavy atom. The van der Waals surface area contributed by atoms with Crippen LogP contribution in [0, 0.1) is 0 Å². The Hall–Kier alpha value is -0.735. The molecule has 1 unspecified atom stereocenters. The fourth-order valence-corrected chi connectivity index (χ4v) is 0.747. The van der Waals surface area contributed by atoms with Crippen molar-refractivity contribution >= 4 is 7.12 Å². The lowest BCUT2D eigenvalue weighted by molar-refractivity contribution is 0.357. The maximum Gasteiger partial charge on any atom is 0.482 e. The standard InChI is InChI=1S/C6H10BNO2/c1-6(7(9)10)4-2-3-5-8-6/h2-5,8-10H,1H3. The molecular formula is C6H10BNO2. The van der Waals surface area contributed by atoms with Crippen molar-refractivity contribution in [3.8, 4) is 0 Å². The van der Waals surface area contributed by atoms with Gasteiger partial charge in [-0.15, -0.1) is 0 Å². The maximum absolute atomic E-state index is 8.84. The Morgan fingerprint density at radius 2 is 2.10 bits per heavy atom. The molecule has 0 fully saturated rings. The average molecular weight is 139 g/mol. The molecule has 1 atom stereocenters. The van der Waals surface area contributed by atoms with Crippen LogP contribution in [0.1, 0.15) is 6.92 Å². The van der Waals surface area contributed by atoms with Crippen molar-refractivity contribution in [2.75, 3.05) is 0 Å². The summed E-state index contributed by atoms with van der Waals surface area (Å²) < 4.78 is 0. The van der Waals surface area contributed by atoms with Crippen LogP contribution >= 0.6 is 0 Å². The minimum absolute atomic E-state index is 0.727. The zero-order valence-electron chi connectivity index (χ0n) is 5.78. The van der Waals surface area contributed by atoms with E-state index in [1.165, 1.54) is 0 Å². The summed E-state index contributed by atoms with van der Waals surface area (Å²) in [7, 11) is -1.37. The topological polar surface area (TPSA) is 52.5 Å². The van der Waals surface area contributed by atoms with Crippen molar-refractivity contribution in [1.82, 2.24) is 5.32 Å². The van der Waals surface area contributed by atoms with Gasteiger partial charge in [0.05, 0.1) is 5.44 Å². The van der Waals surface area contributed by atoms with E-state index in [9.17, 15) is 0 Å². The molecule has 0 aromatic carbocycles. The molecule has 0 saturated heterocycles. The SMILES string of the molecule is CC1(B(O)O)C=CC=CN1. The van der Waals surface area contributed by atoms with Gasteiger partial charge in [0.15, 0.2) is 0 Å². The highest BCUT2D eigenvalue weighted by atomic mass is 16.4. The third kappa shape index (κ3) is 1.22. The van der Waals surface area contributed by atoms with Crippen LogP contribution in [0.3, 0.4) is 0 Å². The van der Waals surface area contributed by atoms with Crippen LogP contribution < -0.4 is 5.32 Å². The number of dihydropyridines is 1. The van der Waals surface area contributed by atoms with Gasteiger partial charge < -0.3 is 15.4 Å². The van der Waals surface area contributed by atoms with Crippen LogP contribution in [0.2, 0.25) is 0 Å². The molecule has 54 valence electrons. The summed E-state index contributed by atoms with van der Waals surface area (Å²) >= 11 is 0. The van der Waals surface area contributed by atoms with Gasteiger partial charge in [-0.05, 0) is 19.2 Å². The first-order valence-electron chi connectivity index (χ1n) is 3.13. The molecule has 3 N–H and O–H groups in total. The van der Waals surface area contributed by atoms with Crippen molar-refractivity contribution in [3.05, 3.63) is 24.4 Å². The largest absolute Gasteiger partial charge is 0.482 e. The lowest BCUT2D eigenvalue weighted by Crippen LogP contribution is -2.52. The molecule has 10 heavy (non-hydrogen) atoms. The number of rotatable bonds is 1. The maximum atomic E-state index is 8.84. The van der Waals surface area contributed by atoms with Crippen LogP contribution in [0.4, 0.5) is 0 Å². The van der Waals surface area contributed by atoms with Gasteiger partial charge in [-0.1, -0.05) is 12.2 Å². The molecule has 1 heterocycles. The van der Waals surface area contributed by atoms with Gasteiger partial charge >= 0.3 is 7.12 Å². The fraction of sp³-hybridized carbons (Fsp3) is 0.333. The number of hydrogen-bond acceptors (Lipinski definition) is 3. The normalized spacial score (nSPS) is 29.9. The van der Waals surface area contributed by atoms with E-state index in [2.05, 4.69) is 5.32 Å². The molecule has 0 aliphatic carbocycles. The minimum Gasteiger partial charge on any atom is -0.425 e. The first-order valence-corrected chi connectivity index (χ1v) is 3.13. The van der Waals surface area contributed by atoms with E-state index in [4.69, 9.17) is 10.0 Å². The highest BCUT2D eigenvalue weighted by molar-refractivity contribution is 6.46. The number of allylic oxidation sites excluding steroid dienone is 2. The van der Waals surface area contributed by atoms with Gasteiger partial charge in [-0.25, -0.2) is 0 Å². The number of hydrogen-bond donors (Lipinski definition) is 3. The van der Waals surface area contributed by atoms with Gasteiger partial charge in [0, 0.05) is 0 Å². The second-order valence-electron chi connectivity index (χ2n) is 2.52. The molecule has 1 aliphatic heterocycles. The summed E-state index contributed by atoms with van der Waals surface area (Å²) in [6, 6.07) is 0. The van der Waals surface area contributed by atoms with E-state index in [0.29, 0.717) is 0 Å². The van der Waals surface area contributed by atoms with Crippen molar-refractivity contribution in [3.63, 3.8) is 0 Å². The van der Waals surface area contributed by atoms with Gasteiger partial charge in [0.25, 0.3) is 0 Å². The zero-order chi connectivity index (χ0) is 7.61. The lowest BCUT2D eigenvalue weighted by atomic mass is 9.65. The molecule has 4 heteroatoms. The predicted molar refractivity (Wildman–Crippen MR) is 40.0 cm³/mol. The van der Waals surface area contributed by atoms with Crippen LogP contribution in [-0.4, -0.2) is 22.6 Å². The third-order valence-corrected chi connectivity index (χ3v) is 1.58. The van der Waals surface area contributed by atoms with Gasteiger partial charge in [-0.3, -0.25) is 0 Å². The number of nitrogens with one attached hydrogen (secondary N) is 1. The summed E-state index contributed by atoms with van der Waals surface area (Å²) in [5.41, 5.74) is -0.727. The van der Waals surface area contributed by atoms with E-state index in [1.54, 1.807) is 31.4 Å². The molecule has 0 amide bonds. The lowest BCUT2D eigenvalue weighted by Gasteiger charge is -2.26. The van der Waals surface area contributed by atoms with Crippen LogP contribution in [0.25, 0.3) is 0 Å². The average Bonchev–Trinajstić information content (AvgIpc) is 1.89. The van der Waals surface area contributed by atoms with E-state index in [1.807, 2.05) is 0 Å². The van der Waals surface area contributed by atoms with Crippen molar-refractivity contribution in [2.24, 2.45) is 0 Å². The highest BCUT2D eigenvalue weighted by Crippen LogP contribution is 2.10. The highest BCUT2D eigenvalue weighted by Gasteiger charge is 2.34. The Labute approximate surface area is 60.2 Å². The molecular weight excluding hydrogens is 129 g/mol. The van der Waals surface area contributed by atoms with E-state index in [-0.39, 0.29) is 0 Å². The Bertz CT molecular complexity index is 179.